The Kier molecular flexibility index (Phi) is 6.30. The van der Waals surface area contributed by atoms with Crippen LogP contribution in [0.4, 0.5) is 4.39 Å². The summed E-state index contributed by atoms with van der Waals surface area (Å²) in [6.07, 6.45) is 12.4. The molecule has 3 fully saturated rings. The van der Waals surface area contributed by atoms with Crippen LogP contribution in [0.2, 0.25) is 5.02 Å². The molecule has 4 atom stereocenters. The van der Waals surface area contributed by atoms with Crippen LogP contribution in [-0.4, -0.2) is 5.97 Å². The summed E-state index contributed by atoms with van der Waals surface area (Å²) >= 11 is 5.80. The molecule has 2 nitrogen and oxygen atoms in total. The van der Waals surface area contributed by atoms with Crippen molar-refractivity contribution in [3.63, 3.8) is 0 Å². The highest BCUT2D eigenvalue weighted by molar-refractivity contribution is 6.30. The van der Waals surface area contributed by atoms with E-state index >= 15 is 0 Å². The smallest absolute Gasteiger partial charge is 0.314 e. The van der Waals surface area contributed by atoms with Crippen LogP contribution in [0, 0.1) is 41.3 Å². The molecule has 3 aliphatic rings. The van der Waals surface area contributed by atoms with Crippen LogP contribution in [-0.2, 0) is 4.79 Å². The molecule has 1 aromatic carbocycles. The molecule has 28 heavy (non-hydrogen) atoms. The van der Waals surface area contributed by atoms with Gasteiger partial charge in [-0.25, -0.2) is 4.39 Å². The number of hydrogen-bond acceptors (Lipinski definition) is 2. The maximum Gasteiger partial charge on any atom is 0.314 e. The molecule has 0 bridgehead atoms. The molecule has 0 amide bonds. The first-order chi connectivity index (χ1) is 13.5. The monoisotopic (exact) mass is 406 g/mol. The fourth-order valence-corrected chi connectivity index (χ4v) is 6.38. The van der Waals surface area contributed by atoms with Gasteiger partial charge in [-0.05, 0) is 86.3 Å². The second-order valence-corrected chi connectivity index (χ2v) is 9.99. The van der Waals surface area contributed by atoms with Gasteiger partial charge in [-0.1, -0.05) is 44.2 Å². The van der Waals surface area contributed by atoms with Gasteiger partial charge in [0.05, 0.1) is 5.92 Å². The highest BCUT2D eigenvalue weighted by Crippen LogP contribution is 2.50. The van der Waals surface area contributed by atoms with Crippen molar-refractivity contribution in [3.05, 3.63) is 29.0 Å². The van der Waals surface area contributed by atoms with E-state index in [0.29, 0.717) is 16.9 Å². The van der Waals surface area contributed by atoms with Crippen LogP contribution >= 0.6 is 11.6 Å². The number of hydrogen-bond donors (Lipinski definition) is 0. The van der Waals surface area contributed by atoms with Gasteiger partial charge in [0.15, 0.2) is 11.6 Å². The van der Waals surface area contributed by atoms with Crippen LogP contribution in [0.5, 0.6) is 5.75 Å². The van der Waals surface area contributed by atoms with Gasteiger partial charge in [-0.2, -0.15) is 0 Å². The summed E-state index contributed by atoms with van der Waals surface area (Å²) in [7, 11) is 0. The van der Waals surface area contributed by atoms with Crippen LogP contribution in [0.1, 0.15) is 71.1 Å². The van der Waals surface area contributed by atoms with E-state index in [1.165, 1.54) is 57.1 Å². The number of ether oxygens (including phenoxy) is 1. The maximum atomic E-state index is 14.0. The molecule has 0 aromatic heterocycles. The molecule has 4 unspecified atom stereocenters. The molecule has 3 saturated carbocycles. The van der Waals surface area contributed by atoms with Crippen LogP contribution < -0.4 is 4.74 Å². The molecular formula is C24H32ClFO2. The minimum atomic E-state index is -0.566. The zero-order valence-electron chi connectivity index (χ0n) is 16.8. The fourth-order valence-electron chi connectivity index (χ4n) is 6.22. The zero-order chi connectivity index (χ0) is 19.7. The Balaban J connectivity index is 1.38. The Morgan fingerprint density at radius 1 is 1.00 bits per heavy atom. The number of benzene rings is 1. The number of fused-ring (bicyclic) bond motifs is 1. The molecule has 154 valence electrons. The van der Waals surface area contributed by atoms with E-state index in [2.05, 4.69) is 6.92 Å². The lowest BCUT2D eigenvalue weighted by Crippen LogP contribution is -2.40. The van der Waals surface area contributed by atoms with Crippen molar-refractivity contribution in [2.45, 2.75) is 71.1 Å². The molecule has 3 aliphatic carbocycles. The van der Waals surface area contributed by atoms with Gasteiger partial charge in [0.2, 0.25) is 0 Å². The van der Waals surface area contributed by atoms with Crippen molar-refractivity contribution in [3.8, 4) is 5.75 Å². The molecule has 4 rings (SSSR count). The molecule has 0 spiro atoms. The largest absolute Gasteiger partial charge is 0.423 e. The van der Waals surface area contributed by atoms with Gasteiger partial charge in [-0.3, -0.25) is 4.79 Å². The third-order valence-electron chi connectivity index (χ3n) is 7.82. The fraction of sp³-hybridized carbons (Fsp3) is 0.708. The highest BCUT2D eigenvalue weighted by Gasteiger charge is 2.43. The van der Waals surface area contributed by atoms with Crippen LogP contribution in [0.25, 0.3) is 0 Å². The van der Waals surface area contributed by atoms with Gasteiger partial charge in [0.1, 0.15) is 0 Å². The molecule has 0 N–H and O–H groups in total. The van der Waals surface area contributed by atoms with Crippen molar-refractivity contribution in [2.24, 2.45) is 35.5 Å². The Bertz CT molecular complexity index is 698. The van der Waals surface area contributed by atoms with E-state index in [1.807, 2.05) is 0 Å². The van der Waals surface area contributed by atoms with Crippen molar-refractivity contribution >= 4 is 17.6 Å². The Hall–Kier alpha value is -1.09. The van der Waals surface area contributed by atoms with E-state index in [0.717, 1.165) is 37.0 Å². The lowest BCUT2D eigenvalue weighted by Gasteiger charge is -2.45. The van der Waals surface area contributed by atoms with E-state index in [1.54, 1.807) is 6.07 Å². The second kappa shape index (κ2) is 8.73. The SMILES string of the molecule is CC1CCC(C2CCC3C(CCCC3C(=O)Oc3ccc(Cl)cc3F)C2)CC1. The normalized spacial score (nSPS) is 35.8. The van der Waals surface area contributed by atoms with E-state index in [4.69, 9.17) is 16.3 Å². The maximum absolute atomic E-state index is 14.0. The third-order valence-corrected chi connectivity index (χ3v) is 8.06. The van der Waals surface area contributed by atoms with Crippen LogP contribution in [0.15, 0.2) is 18.2 Å². The lowest BCUT2D eigenvalue weighted by molar-refractivity contribution is -0.144. The number of rotatable bonds is 3. The Morgan fingerprint density at radius 3 is 2.50 bits per heavy atom. The second-order valence-electron chi connectivity index (χ2n) is 9.55. The standard InChI is InChI=1S/C24H32ClFO2/c1-15-5-7-16(8-6-15)17-9-11-20-18(13-17)3-2-4-21(20)24(27)28-23-12-10-19(25)14-22(23)26/h10,12,14-18,20-21H,2-9,11,13H2,1H3. The van der Waals surface area contributed by atoms with Crippen molar-refractivity contribution in [1.29, 1.82) is 0 Å². The third kappa shape index (κ3) is 4.40. The van der Waals surface area contributed by atoms with Gasteiger partial charge < -0.3 is 4.74 Å². The van der Waals surface area contributed by atoms with Crippen molar-refractivity contribution in [2.75, 3.05) is 0 Å². The minimum absolute atomic E-state index is 0.00142. The topological polar surface area (TPSA) is 26.3 Å². The molecule has 0 radical (unpaired) electrons. The number of halogens is 2. The molecule has 4 heteroatoms. The van der Waals surface area contributed by atoms with E-state index in [9.17, 15) is 9.18 Å². The predicted molar refractivity (Wildman–Crippen MR) is 110 cm³/mol. The van der Waals surface area contributed by atoms with Crippen molar-refractivity contribution in [1.82, 2.24) is 0 Å². The lowest BCUT2D eigenvalue weighted by atomic mass is 9.59. The predicted octanol–water partition coefficient (Wildman–Crippen LogP) is 7.04. The molecule has 0 heterocycles. The quantitative estimate of drug-likeness (QED) is 0.397. The Labute approximate surface area is 173 Å². The average Bonchev–Trinajstić information content (AvgIpc) is 2.69. The molecule has 0 aliphatic heterocycles. The molecule has 0 saturated heterocycles. The van der Waals surface area contributed by atoms with Crippen molar-refractivity contribution < 1.29 is 13.9 Å². The zero-order valence-corrected chi connectivity index (χ0v) is 17.6. The average molecular weight is 407 g/mol. The first-order valence-electron chi connectivity index (χ1n) is 11.2. The summed E-state index contributed by atoms with van der Waals surface area (Å²) < 4.78 is 19.5. The minimum Gasteiger partial charge on any atom is -0.423 e. The summed E-state index contributed by atoms with van der Waals surface area (Å²) in [6, 6.07) is 4.22. The summed E-state index contributed by atoms with van der Waals surface area (Å²) in [5.41, 5.74) is 0. The summed E-state index contributed by atoms with van der Waals surface area (Å²) in [4.78, 5) is 12.9. The van der Waals surface area contributed by atoms with Crippen LogP contribution in [0.3, 0.4) is 0 Å². The Morgan fingerprint density at radius 2 is 1.75 bits per heavy atom. The first-order valence-corrected chi connectivity index (χ1v) is 11.6. The number of carbonyl (C=O) groups excluding carboxylic acids is 1. The van der Waals surface area contributed by atoms with Gasteiger partial charge in [-0.15, -0.1) is 0 Å². The molecule has 1 aromatic rings. The van der Waals surface area contributed by atoms with Gasteiger partial charge in [0, 0.05) is 5.02 Å². The van der Waals surface area contributed by atoms with Gasteiger partial charge in [0.25, 0.3) is 0 Å². The van der Waals surface area contributed by atoms with E-state index < -0.39 is 5.82 Å². The number of esters is 1. The molecular weight excluding hydrogens is 375 g/mol. The van der Waals surface area contributed by atoms with E-state index in [-0.39, 0.29) is 17.6 Å². The first kappa shape index (κ1) is 20.2. The summed E-state index contributed by atoms with van der Waals surface area (Å²) in [5, 5.41) is 0.311. The summed E-state index contributed by atoms with van der Waals surface area (Å²) in [5.74, 6) is 2.79. The number of carbonyl (C=O) groups is 1. The highest BCUT2D eigenvalue weighted by atomic mass is 35.5. The van der Waals surface area contributed by atoms with Gasteiger partial charge >= 0.3 is 5.97 Å². The summed E-state index contributed by atoms with van der Waals surface area (Å²) in [6.45, 7) is 2.38.